The molecule has 92 valence electrons. The number of carbonyl (C=O) groups excluding carboxylic acids is 1. The van der Waals surface area contributed by atoms with E-state index in [0.717, 1.165) is 19.4 Å². The summed E-state index contributed by atoms with van der Waals surface area (Å²) in [6, 6.07) is 2.05. The molecule has 0 spiro atoms. The number of rotatable bonds is 8. The van der Waals surface area contributed by atoms with E-state index < -0.39 is 5.41 Å². The molecule has 0 bridgehead atoms. The Hall–Kier alpha value is -1.08. The van der Waals surface area contributed by atoms with Crippen molar-refractivity contribution < 1.29 is 9.53 Å². The zero-order valence-corrected chi connectivity index (χ0v) is 10.5. The van der Waals surface area contributed by atoms with Crippen molar-refractivity contribution in [1.29, 1.82) is 5.26 Å². The molecule has 1 atom stereocenters. The molecule has 0 aromatic carbocycles. The number of hydrogen-bond acceptors (Lipinski definition) is 3. The number of nitrogens with one attached hydrogen (secondary N) is 1. The Labute approximate surface area is 98.0 Å². The molecule has 1 N–H and O–H groups in total. The minimum atomic E-state index is -0.899. The molecular weight excluding hydrogens is 204 g/mol. The van der Waals surface area contributed by atoms with Gasteiger partial charge in [0.15, 0.2) is 0 Å². The molecule has 4 nitrogen and oxygen atoms in total. The summed E-state index contributed by atoms with van der Waals surface area (Å²) in [5, 5.41) is 11.7. The fourth-order valence-electron chi connectivity index (χ4n) is 1.11. The summed E-state index contributed by atoms with van der Waals surface area (Å²) in [7, 11) is 0. The predicted octanol–water partition coefficient (Wildman–Crippen LogP) is 1.86. The normalized spacial score (nSPS) is 13.9. The summed E-state index contributed by atoms with van der Waals surface area (Å²) >= 11 is 0. The van der Waals surface area contributed by atoms with E-state index in [2.05, 4.69) is 12.2 Å². The van der Waals surface area contributed by atoms with Gasteiger partial charge < -0.3 is 10.1 Å². The van der Waals surface area contributed by atoms with Crippen LogP contribution in [0.25, 0.3) is 0 Å². The Bertz CT molecular complexity index is 248. The van der Waals surface area contributed by atoms with Crippen molar-refractivity contribution in [3.63, 3.8) is 0 Å². The summed E-state index contributed by atoms with van der Waals surface area (Å²) in [5.41, 5.74) is -0.899. The lowest BCUT2D eigenvalue weighted by Crippen LogP contribution is -2.38. The molecule has 0 aromatic heterocycles. The lowest BCUT2D eigenvalue weighted by molar-refractivity contribution is -0.127. The standard InChI is InChI=1S/C12H22N2O2/c1-4-8-16-9-6-7-14-11(15)12(3,5-2)10-13/h4-9H2,1-3H3,(H,14,15). The summed E-state index contributed by atoms with van der Waals surface area (Å²) < 4.78 is 5.29. The lowest BCUT2D eigenvalue weighted by Gasteiger charge is -2.18. The highest BCUT2D eigenvalue weighted by molar-refractivity contribution is 5.84. The smallest absolute Gasteiger partial charge is 0.240 e. The van der Waals surface area contributed by atoms with Gasteiger partial charge in [-0.1, -0.05) is 13.8 Å². The molecule has 0 rings (SSSR count). The van der Waals surface area contributed by atoms with Crippen LogP contribution in [0.4, 0.5) is 0 Å². The fraction of sp³-hybridized carbons (Fsp3) is 0.833. The molecule has 0 saturated carbocycles. The van der Waals surface area contributed by atoms with Gasteiger partial charge in [0.1, 0.15) is 5.41 Å². The maximum absolute atomic E-state index is 11.6. The average Bonchev–Trinajstić information content (AvgIpc) is 2.32. The van der Waals surface area contributed by atoms with Crippen LogP contribution < -0.4 is 5.32 Å². The van der Waals surface area contributed by atoms with Crippen molar-refractivity contribution in [3.05, 3.63) is 0 Å². The molecule has 0 saturated heterocycles. The Morgan fingerprint density at radius 2 is 2.12 bits per heavy atom. The molecule has 0 aromatic rings. The molecule has 0 aliphatic heterocycles. The van der Waals surface area contributed by atoms with Crippen molar-refractivity contribution in [2.45, 2.75) is 40.0 Å². The Kier molecular flexibility index (Phi) is 7.57. The number of nitriles is 1. The van der Waals surface area contributed by atoms with Crippen LogP contribution >= 0.6 is 0 Å². The minimum Gasteiger partial charge on any atom is -0.381 e. The van der Waals surface area contributed by atoms with E-state index in [1.165, 1.54) is 0 Å². The van der Waals surface area contributed by atoms with E-state index in [4.69, 9.17) is 10.00 Å². The van der Waals surface area contributed by atoms with Crippen molar-refractivity contribution in [1.82, 2.24) is 5.32 Å². The molecule has 1 amide bonds. The van der Waals surface area contributed by atoms with Crippen LogP contribution in [0.2, 0.25) is 0 Å². The number of ether oxygens (including phenoxy) is 1. The summed E-state index contributed by atoms with van der Waals surface area (Å²) in [6.07, 6.45) is 2.33. The average molecular weight is 226 g/mol. The molecule has 1 unspecified atom stereocenters. The quantitative estimate of drug-likeness (QED) is 0.642. The molecular formula is C12H22N2O2. The van der Waals surface area contributed by atoms with Crippen molar-refractivity contribution >= 4 is 5.91 Å². The van der Waals surface area contributed by atoms with Gasteiger partial charge in [-0.15, -0.1) is 0 Å². The third-order valence-electron chi connectivity index (χ3n) is 2.55. The van der Waals surface area contributed by atoms with Gasteiger partial charge in [0.05, 0.1) is 6.07 Å². The molecule has 0 fully saturated rings. The van der Waals surface area contributed by atoms with Crippen LogP contribution in [0, 0.1) is 16.7 Å². The SMILES string of the molecule is CCCOCCCNC(=O)C(C)(C#N)CC. The van der Waals surface area contributed by atoms with Gasteiger partial charge in [0.2, 0.25) is 5.91 Å². The van der Waals surface area contributed by atoms with Gasteiger partial charge in [0.25, 0.3) is 0 Å². The van der Waals surface area contributed by atoms with Gasteiger partial charge in [-0.2, -0.15) is 5.26 Å². The van der Waals surface area contributed by atoms with Crippen LogP contribution in [0.15, 0.2) is 0 Å². The second kappa shape index (κ2) is 8.12. The largest absolute Gasteiger partial charge is 0.381 e. The monoisotopic (exact) mass is 226 g/mol. The molecule has 4 heteroatoms. The lowest BCUT2D eigenvalue weighted by atomic mass is 9.88. The topological polar surface area (TPSA) is 62.1 Å². The van der Waals surface area contributed by atoms with Gasteiger partial charge in [-0.05, 0) is 26.2 Å². The van der Waals surface area contributed by atoms with E-state index in [0.29, 0.717) is 19.6 Å². The van der Waals surface area contributed by atoms with Crippen LogP contribution in [-0.4, -0.2) is 25.7 Å². The van der Waals surface area contributed by atoms with E-state index >= 15 is 0 Å². The first kappa shape index (κ1) is 14.9. The Morgan fingerprint density at radius 1 is 1.44 bits per heavy atom. The third-order valence-corrected chi connectivity index (χ3v) is 2.55. The van der Waals surface area contributed by atoms with Crippen molar-refractivity contribution in [3.8, 4) is 6.07 Å². The third kappa shape index (κ3) is 5.13. The van der Waals surface area contributed by atoms with Crippen LogP contribution in [0.1, 0.15) is 40.0 Å². The summed E-state index contributed by atoms with van der Waals surface area (Å²) in [6.45, 7) is 7.55. The zero-order valence-electron chi connectivity index (χ0n) is 10.5. The predicted molar refractivity (Wildman–Crippen MR) is 62.7 cm³/mol. The molecule has 0 heterocycles. The number of amides is 1. The highest BCUT2D eigenvalue weighted by atomic mass is 16.5. The molecule has 0 aliphatic carbocycles. The zero-order chi connectivity index (χ0) is 12.4. The first-order valence-corrected chi connectivity index (χ1v) is 5.88. The van der Waals surface area contributed by atoms with E-state index in [9.17, 15) is 4.79 Å². The second-order valence-electron chi connectivity index (χ2n) is 4.02. The van der Waals surface area contributed by atoms with Gasteiger partial charge in [-0.25, -0.2) is 0 Å². The van der Waals surface area contributed by atoms with Gasteiger partial charge in [-0.3, -0.25) is 4.79 Å². The van der Waals surface area contributed by atoms with Crippen molar-refractivity contribution in [2.24, 2.45) is 5.41 Å². The van der Waals surface area contributed by atoms with Gasteiger partial charge >= 0.3 is 0 Å². The second-order valence-corrected chi connectivity index (χ2v) is 4.02. The minimum absolute atomic E-state index is 0.187. The first-order chi connectivity index (χ1) is 7.60. The van der Waals surface area contributed by atoms with Gasteiger partial charge in [0, 0.05) is 19.8 Å². The molecule has 16 heavy (non-hydrogen) atoms. The maximum atomic E-state index is 11.6. The van der Waals surface area contributed by atoms with E-state index in [1.807, 2.05) is 13.0 Å². The summed E-state index contributed by atoms with van der Waals surface area (Å²) in [4.78, 5) is 11.6. The van der Waals surface area contributed by atoms with Crippen LogP contribution in [-0.2, 0) is 9.53 Å². The fourth-order valence-corrected chi connectivity index (χ4v) is 1.11. The van der Waals surface area contributed by atoms with E-state index in [1.54, 1.807) is 6.92 Å². The van der Waals surface area contributed by atoms with Crippen LogP contribution in [0.3, 0.4) is 0 Å². The van der Waals surface area contributed by atoms with E-state index in [-0.39, 0.29) is 5.91 Å². The molecule has 0 radical (unpaired) electrons. The summed E-state index contributed by atoms with van der Waals surface area (Å²) in [5.74, 6) is -0.187. The number of nitrogens with zero attached hydrogens (tertiary/aromatic N) is 1. The van der Waals surface area contributed by atoms with Crippen LogP contribution in [0.5, 0.6) is 0 Å². The maximum Gasteiger partial charge on any atom is 0.240 e. The number of carbonyl (C=O) groups is 1. The van der Waals surface area contributed by atoms with Crippen molar-refractivity contribution in [2.75, 3.05) is 19.8 Å². The Balaban J connectivity index is 3.70. The highest BCUT2D eigenvalue weighted by Gasteiger charge is 2.30. The first-order valence-electron chi connectivity index (χ1n) is 5.88. The molecule has 0 aliphatic rings. The highest BCUT2D eigenvalue weighted by Crippen LogP contribution is 2.19. The number of hydrogen-bond donors (Lipinski definition) is 1. The Morgan fingerprint density at radius 3 is 2.62 bits per heavy atom.